The number of carbonyl (C=O) groups excluding carboxylic acids is 1. The van der Waals surface area contributed by atoms with E-state index in [1.165, 1.54) is 25.1 Å². The minimum absolute atomic E-state index is 0.0467. The van der Waals surface area contributed by atoms with E-state index in [9.17, 15) is 35.4 Å². The number of para-hydroxylation sites is 1. The summed E-state index contributed by atoms with van der Waals surface area (Å²) in [6, 6.07) is 5.82. The van der Waals surface area contributed by atoms with Gasteiger partial charge >= 0.3 is 0 Å². The summed E-state index contributed by atoms with van der Waals surface area (Å²) in [6.45, 7) is 2.42. The lowest BCUT2D eigenvalue weighted by Gasteiger charge is -2.45. The number of aromatic hydroxyl groups is 5. The third-order valence-corrected chi connectivity index (χ3v) is 4.67. The van der Waals surface area contributed by atoms with E-state index in [1.54, 1.807) is 6.07 Å². The predicted octanol–water partition coefficient (Wildman–Crippen LogP) is 1.46. The van der Waals surface area contributed by atoms with Crippen molar-refractivity contribution < 1.29 is 40.2 Å². The Kier molecular flexibility index (Phi) is 3.30. The molecule has 0 bridgehead atoms. The maximum atomic E-state index is 12.8. The Hall–Kier alpha value is -3.13. The first-order valence-corrected chi connectivity index (χ1v) is 7.28. The van der Waals surface area contributed by atoms with Gasteiger partial charge in [-0.15, -0.1) is 0 Å². The molecule has 1 heterocycles. The van der Waals surface area contributed by atoms with E-state index < -0.39 is 51.3 Å². The van der Waals surface area contributed by atoms with E-state index in [0.717, 1.165) is 6.92 Å². The van der Waals surface area contributed by atoms with Gasteiger partial charge in [-0.05, 0) is 19.9 Å². The number of hydrogen-bond acceptors (Lipinski definition) is 8. The normalized spacial score (nSPS) is 25.3. The van der Waals surface area contributed by atoms with E-state index in [4.69, 9.17) is 4.74 Å². The molecule has 0 saturated carbocycles. The topological polar surface area (TPSA) is 148 Å². The number of benzene rings is 2. The first-order chi connectivity index (χ1) is 11.5. The average molecular weight is 348 g/mol. The quantitative estimate of drug-likeness (QED) is 0.335. The third kappa shape index (κ3) is 1.94. The Balaban J connectivity index is 2.36. The molecule has 0 aromatic heterocycles. The van der Waals surface area contributed by atoms with Crippen molar-refractivity contribution in [3.05, 3.63) is 35.4 Å². The van der Waals surface area contributed by atoms with Crippen LogP contribution in [0.2, 0.25) is 0 Å². The van der Waals surface area contributed by atoms with Gasteiger partial charge in [-0.2, -0.15) is 0 Å². The van der Waals surface area contributed by atoms with Crippen LogP contribution in [-0.4, -0.2) is 42.0 Å². The van der Waals surface area contributed by atoms with Crippen LogP contribution in [0, 0.1) is 0 Å². The smallest absolute Gasteiger partial charge is 0.208 e. The summed E-state index contributed by atoms with van der Waals surface area (Å²) in [5.41, 5.74) is -4.78. The standard InChI is InChI=1S/C17H16O8/c1-16(24)15(23)9-10(19)11(20)12(21)13(22)14(9)25-17(16,2)7-5-3-4-6-8(7)18/h3-6,18-22,24H,1-2H3. The summed E-state index contributed by atoms with van der Waals surface area (Å²) in [4.78, 5) is 12.8. The fourth-order valence-corrected chi connectivity index (χ4v) is 2.94. The van der Waals surface area contributed by atoms with Crippen molar-refractivity contribution >= 4 is 5.78 Å². The molecule has 0 spiro atoms. The summed E-state index contributed by atoms with van der Waals surface area (Å²) in [7, 11) is 0. The van der Waals surface area contributed by atoms with Gasteiger partial charge in [-0.3, -0.25) is 4.79 Å². The van der Waals surface area contributed by atoms with Crippen molar-refractivity contribution in [2.24, 2.45) is 0 Å². The Bertz CT molecular complexity index is 902. The van der Waals surface area contributed by atoms with Gasteiger partial charge in [0.05, 0.1) is 0 Å². The molecule has 6 N–H and O–H groups in total. The molecular weight excluding hydrogens is 332 g/mol. The van der Waals surface area contributed by atoms with Crippen LogP contribution in [0.25, 0.3) is 0 Å². The second-order valence-electron chi connectivity index (χ2n) is 6.15. The number of ketones is 1. The maximum Gasteiger partial charge on any atom is 0.208 e. The summed E-state index contributed by atoms with van der Waals surface area (Å²) >= 11 is 0. The summed E-state index contributed by atoms with van der Waals surface area (Å²) in [5, 5.41) is 60.3. The SMILES string of the molecule is CC1(O)C(=O)c2c(O)c(O)c(O)c(O)c2OC1(C)c1ccccc1O. The van der Waals surface area contributed by atoms with Gasteiger partial charge < -0.3 is 35.4 Å². The number of Topliss-reactive ketones (excluding diaryl/α,β-unsaturated/α-hetero) is 1. The van der Waals surface area contributed by atoms with Crippen LogP contribution in [0.5, 0.6) is 34.5 Å². The largest absolute Gasteiger partial charge is 0.508 e. The lowest BCUT2D eigenvalue weighted by molar-refractivity contribution is -0.103. The van der Waals surface area contributed by atoms with Crippen LogP contribution in [0.4, 0.5) is 0 Å². The van der Waals surface area contributed by atoms with Crippen molar-refractivity contribution in [2.45, 2.75) is 25.0 Å². The molecule has 0 amide bonds. The number of phenolic OH excluding ortho intramolecular Hbond substituents is 5. The van der Waals surface area contributed by atoms with E-state index in [1.807, 2.05) is 0 Å². The zero-order valence-electron chi connectivity index (χ0n) is 13.3. The Morgan fingerprint density at radius 1 is 0.880 bits per heavy atom. The van der Waals surface area contributed by atoms with Gasteiger partial charge in [-0.25, -0.2) is 0 Å². The van der Waals surface area contributed by atoms with Crippen molar-refractivity contribution in [3.8, 4) is 34.5 Å². The summed E-state index contributed by atoms with van der Waals surface area (Å²) in [5.74, 6) is -6.16. The second kappa shape index (κ2) is 4.93. The highest BCUT2D eigenvalue weighted by molar-refractivity contribution is 6.10. The molecule has 1 aliphatic heterocycles. The highest BCUT2D eigenvalue weighted by Crippen LogP contribution is 2.58. The van der Waals surface area contributed by atoms with Gasteiger partial charge in [-0.1, -0.05) is 18.2 Å². The number of hydrogen-bond donors (Lipinski definition) is 6. The van der Waals surface area contributed by atoms with Crippen LogP contribution >= 0.6 is 0 Å². The zero-order valence-corrected chi connectivity index (χ0v) is 13.3. The molecule has 2 aromatic carbocycles. The monoisotopic (exact) mass is 348 g/mol. The van der Waals surface area contributed by atoms with Crippen LogP contribution in [0.1, 0.15) is 29.8 Å². The summed E-state index contributed by atoms with van der Waals surface area (Å²) < 4.78 is 5.61. The molecule has 0 radical (unpaired) electrons. The second-order valence-corrected chi connectivity index (χ2v) is 6.15. The molecule has 2 atom stereocenters. The fraction of sp³-hybridized carbons (Fsp3) is 0.235. The molecule has 25 heavy (non-hydrogen) atoms. The third-order valence-electron chi connectivity index (χ3n) is 4.67. The molecule has 2 unspecified atom stereocenters. The molecular formula is C17H16O8. The lowest BCUT2D eigenvalue weighted by Crippen LogP contribution is -2.59. The van der Waals surface area contributed by atoms with Gasteiger partial charge in [0.25, 0.3) is 0 Å². The Morgan fingerprint density at radius 2 is 1.44 bits per heavy atom. The van der Waals surface area contributed by atoms with Crippen LogP contribution in [0.15, 0.2) is 24.3 Å². The molecule has 132 valence electrons. The highest BCUT2D eigenvalue weighted by Gasteiger charge is 2.59. The number of ether oxygens (including phenoxy) is 1. The molecule has 8 heteroatoms. The van der Waals surface area contributed by atoms with Crippen LogP contribution in [-0.2, 0) is 5.60 Å². The van der Waals surface area contributed by atoms with Gasteiger partial charge in [0.2, 0.25) is 23.0 Å². The minimum atomic E-state index is -2.29. The first kappa shape index (κ1) is 16.7. The predicted molar refractivity (Wildman–Crippen MR) is 84.1 cm³/mol. The Morgan fingerprint density at radius 3 is 2.04 bits per heavy atom. The first-order valence-electron chi connectivity index (χ1n) is 7.28. The molecule has 3 rings (SSSR count). The molecule has 1 aliphatic rings. The summed E-state index contributed by atoms with van der Waals surface area (Å²) in [6.07, 6.45) is 0. The number of phenols is 5. The molecule has 8 nitrogen and oxygen atoms in total. The van der Waals surface area contributed by atoms with E-state index in [0.29, 0.717) is 0 Å². The minimum Gasteiger partial charge on any atom is -0.508 e. The van der Waals surface area contributed by atoms with E-state index in [2.05, 4.69) is 0 Å². The number of aliphatic hydroxyl groups is 1. The average Bonchev–Trinajstić information content (AvgIpc) is 2.56. The van der Waals surface area contributed by atoms with Crippen molar-refractivity contribution in [1.29, 1.82) is 0 Å². The molecule has 0 saturated heterocycles. The van der Waals surface area contributed by atoms with Gasteiger partial charge in [0, 0.05) is 5.56 Å². The number of carbonyl (C=O) groups is 1. The number of rotatable bonds is 1. The maximum absolute atomic E-state index is 12.8. The van der Waals surface area contributed by atoms with Crippen LogP contribution in [0.3, 0.4) is 0 Å². The zero-order chi connectivity index (χ0) is 18.7. The fourth-order valence-electron chi connectivity index (χ4n) is 2.94. The van der Waals surface area contributed by atoms with E-state index >= 15 is 0 Å². The molecule has 0 fully saturated rings. The highest BCUT2D eigenvalue weighted by atomic mass is 16.5. The number of fused-ring (bicyclic) bond motifs is 1. The van der Waals surface area contributed by atoms with Crippen molar-refractivity contribution in [2.75, 3.05) is 0 Å². The van der Waals surface area contributed by atoms with Crippen molar-refractivity contribution in [1.82, 2.24) is 0 Å². The van der Waals surface area contributed by atoms with E-state index in [-0.39, 0.29) is 11.3 Å². The lowest BCUT2D eigenvalue weighted by atomic mass is 9.73. The van der Waals surface area contributed by atoms with Gasteiger partial charge in [0.1, 0.15) is 11.3 Å². The van der Waals surface area contributed by atoms with Gasteiger partial charge in [0.15, 0.2) is 22.7 Å². The van der Waals surface area contributed by atoms with Crippen LogP contribution < -0.4 is 4.74 Å². The molecule has 0 aliphatic carbocycles. The Labute approximate surface area is 141 Å². The van der Waals surface area contributed by atoms with Crippen molar-refractivity contribution in [3.63, 3.8) is 0 Å². The molecule has 2 aromatic rings.